The van der Waals surface area contributed by atoms with Crippen LogP contribution in [-0.2, 0) is 11.2 Å². The van der Waals surface area contributed by atoms with Gasteiger partial charge in [0.1, 0.15) is 0 Å². The third-order valence-electron chi connectivity index (χ3n) is 4.51. The number of hydrogen-bond donors (Lipinski definition) is 3. The number of nitrogens with one attached hydrogen (secondary N) is 3. The van der Waals surface area contributed by atoms with E-state index in [-0.39, 0.29) is 5.91 Å². The Bertz CT molecular complexity index is 614. The lowest BCUT2D eigenvalue weighted by atomic mass is 9.99. The summed E-state index contributed by atoms with van der Waals surface area (Å²) in [5, 5.41) is 7.74. The zero-order valence-corrected chi connectivity index (χ0v) is 13.0. The molecule has 4 heteroatoms. The summed E-state index contributed by atoms with van der Waals surface area (Å²) in [6.45, 7) is 2.98. The fraction of sp³-hybridized carbons (Fsp3) is 0.500. The van der Waals surface area contributed by atoms with Crippen molar-refractivity contribution < 1.29 is 4.79 Å². The first-order valence-electron chi connectivity index (χ1n) is 8.35. The molecule has 0 radical (unpaired) electrons. The first-order chi connectivity index (χ1) is 10.8. The monoisotopic (exact) mass is 299 g/mol. The largest absolute Gasteiger partial charge is 0.361 e. The van der Waals surface area contributed by atoms with Crippen LogP contribution in [0.1, 0.15) is 31.2 Å². The molecule has 3 N–H and O–H groups in total. The van der Waals surface area contributed by atoms with Gasteiger partial charge in [-0.2, -0.15) is 0 Å². The van der Waals surface area contributed by atoms with Crippen LogP contribution in [-0.4, -0.2) is 30.5 Å². The van der Waals surface area contributed by atoms with E-state index in [0.29, 0.717) is 12.3 Å². The van der Waals surface area contributed by atoms with Gasteiger partial charge in [0.15, 0.2) is 0 Å². The van der Waals surface area contributed by atoms with Crippen molar-refractivity contribution in [1.82, 2.24) is 15.6 Å². The Morgan fingerprint density at radius 3 is 3.09 bits per heavy atom. The fourth-order valence-electron chi connectivity index (χ4n) is 3.22. The zero-order valence-electron chi connectivity index (χ0n) is 13.0. The Balaban J connectivity index is 1.40. The van der Waals surface area contributed by atoms with E-state index >= 15 is 0 Å². The van der Waals surface area contributed by atoms with Gasteiger partial charge in [-0.25, -0.2) is 0 Å². The molecule has 0 spiro atoms. The highest BCUT2D eigenvalue weighted by Gasteiger charge is 2.13. The third kappa shape index (κ3) is 3.89. The second-order valence-corrected chi connectivity index (χ2v) is 6.23. The second kappa shape index (κ2) is 7.45. The number of aromatic nitrogens is 1. The minimum atomic E-state index is 0.186. The average molecular weight is 299 g/mol. The maximum atomic E-state index is 11.9. The number of benzene rings is 1. The van der Waals surface area contributed by atoms with Gasteiger partial charge < -0.3 is 15.6 Å². The average Bonchev–Trinajstić information content (AvgIpc) is 2.97. The number of piperidine rings is 1. The van der Waals surface area contributed by atoms with Crippen LogP contribution >= 0.6 is 0 Å². The maximum Gasteiger partial charge on any atom is 0.220 e. The van der Waals surface area contributed by atoms with E-state index in [0.717, 1.165) is 32.5 Å². The number of amides is 1. The van der Waals surface area contributed by atoms with Gasteiger partial charge in [0, 0.05) is 30.1 Å². The first-order valence-corrected chi connectivity index (χ1v) is 8.35. The summed E-state index contributed by atoms with van der Waals surface area (Å²) in [6, 6.07) is 8.32. The van der Waals surface area contributed by atoms with Crippen molar-refractivity contribution in [1.29, 1.82) is 0 Å². The molecule has 1 fully saturated rings. The molecule has 4 nitrogen and oxygen atoms in total. The molecule has 1 amide bonds. The Hall–Kier alpha value is -1.81. The van der Waals surface area contributed by atoms with Crippen LogP contribution in [0.25, 0.3) is 10.9 Å². The van der Waals surface area contributed by atoms with Crippen LogP contribution in [0, 0.1) is 5.92 Å². The number of carbonyl (C=O) groups excluding carboxylic acids is 1. The highest BCUT2D eigenvalue weighted by atomic mass is 16.1. The van der Waals surface area contributed by atoms with Crippen LogP contribution in [0.3, 0.4) is 0 Å². The maximum absolute atomic E-state index is 11.9. The summed E-state index contributed by atoms with van der Waals surface area (Å²) in [5.41, 5.74) is 2.48. The van der Waals surface area contributed by atoms with E-state index in [1.54, 1.807) is 0 Å². The van der Waals surface area contributed by atoms with E-state index in [2.05, 4.69) is 40.0 Å². The van der Waals surface area contributed by atoms with Crippen LogP contribution in [0.5, 0.6) is 0 Å². The van der Waals surface area contributed by atoms with Gasteiger partial charge in [-0.05, 0) is 56.3 Å². The van der Waals surface area contributed by atoms with Crippen molar-refractivity contribution in [3.8, 4) is 0 Å². The van der Waals surface area contributed by atoms with Gasteiger partial charge in [0.05, 0.1) is 0 Å². The van der Waals surface area contributed by atoms with E-state index in [1.165, 1.54) is 29.3 Å². The molecule has 0 aliphatic carbocycles. The summed E-state index contributed by atoms with van der Waals surface area (Å²) in [5.74, 6) is 0.789. The number of aromatic amines is 1. The highest BCUT2D eigenvalue weighted by Crippen LogP contribution is 2.19. The number of carbonyl (C=O) groups is 1. The lowest BCUT2D eigenvalue weighted by molar-refractivity contribution is -0.121. The molecule has 0 bridgehead atoms. The van der Waals surface area contributed by atoms with Crippen molar-refractivity contribution in [3.63, 3.8) is 0 Å². The Labute approximate surface area is 131 Å². The molecular weight excluding hydrogens is 274 g/mol. The third-order valence-corrected chi connectivity index (χ3v) is 4.51. The van der Waals surface area contributed by atoms with Gasteiger partial charge in [-0.1, -0.05) is 18.2 Å². The van der Waals surface area contributed by atoms with E-state index in [1.807, 2.05) is 6.07 Å². The lowest BCUT2D eigenvalue weighted by Gasteiger charge is -2.22. The molecule has 1 aliphatic rings. The summed E-state index contributed by atoms with van der Waals surface area (Å²) >= 11 is 0. The van der Waals surface area contributed by atoms with E-state index in [9.17, 15) is 4.79 Å². The van der Waals surface area contributed by atoms with Crippen molar-refractivity contribution >= 4 is 16.8 Å². The second-order valence-electron chi connectivity index (χ2n) is 6.23. The van der Waals surface area contributed by atoms with Crippen LogP contribution < -0.4 is 10.6 Å². The molecule has 1 atom stereocenters. The molecule has 0 saturated carbocycles. The van der Waals surface area contributed by atoms with Gasteiger partial charge in [-0.15, -0.1) is 0 Å². The minimum absolute atomic E-state index is 0.186. The molecule has 1 unspecified atom stereocenters. The Morgan fingerprint density at radius 1 is 1.32 bits per heavy atom. The first kappa shape index (κ1) is 15.1. The van der Waals surface area contributed by atoms with Crippen LogP contribution in [0.15, 0.2) is 30.5 Å². The van der Waals surface area contributed by atoms with Crippen molar-refractivity contribution in [3.05, 3.63) is 36.0 Å². The normalized spacial score (nSPS) is 18.5. The molecule has 1 aromatic carbocycles. The number of aryl methyl sites for hydroxylation is 1. The highest BCUT2D eigenvalue weighted by molar-refractivity contribution is 5.83. The molecule has 3 rings (SSSR count). The molecule has 2 heterocycles. The predicted molar refractivity (Wildman–Crippen MR) is 89.8 cm³/mol. The van der Waals surface area contributed by atoms with Crippen molar-refractivity contribution in [2.45, 2.75) is 32.1 Å². The summed E-state index contributed by atoms with van der Waals surface area (Å²) in [6.07, 6.45) is 6.97. The smallest absolute Gasteiger partial charge is 0.220 e. The van der Waals surface area contributed by atoms with Crippen LogP contribution in [0.2, 0.25) is 0 Å². The summed E-state index contributed by atoms with van der Waals surface area (Å²) in [4.78, 5) is 15.2. The number of rotatable bonds is 6. The zero-order chi connectivity index (χ0) is 15.2. The van der Waals surface area contributed by atoms with Crippen LogP contribution in [0.4, 0.5) is 0 Å². The number of fused-ring (bicyclic) bond motifs is 1. The minimum Gasteiger partial charge on any atom is -0.361 e. The molecule has 1 aliphatic heterocycles. The fourth-order valence-corrected chi connectivity index (χ4v) is 3.22. The topological polar surface area (TPSA) is 56.9 Å². The van der Waals surface area contributed by atoms with Crippen molar-refractivity contribution in [2.24, 2.45) is 5.92 Å². The quantitative estimate of drug-likeness (QED) is 0.768. The van der Waals surface area contributed by atoms with E-state index in [4.69, 9.17) is 0 Å². The van der Waals surface area contributed by atoms with Gasteiger partial charge in [0.2, 0.25) is 5.91 Å². The lowest BCUT2D eigenvalue weighted by Crippen LogP contribution is -2.38. The molecule has 1 aromatic heterocycles. The Kier molecular flexibility index (Phi) is 5.11. The van der Waals surface area contributed by atoms with Gasteiger partial charge >= 0.3 is 0 Å². The molecule has 22 heavy (non-hydrogen) atoms. The molecule has 2 aromatic rings. The summed E-state index contributed by atoms with van der Waals surface area (Å²) in [7, 11) is 0. The van der Waals surface area contributed by atoms with Gasteiger partial charge in [-0.3, -0.25) is 4.79 Å². The number of hydrogen-bond acceptors (Lipinski definition) is 2. The van der Waals surface area contributed by atoms with Gasteiger partial charge in [0.25, 0.3) is 0 Å². The SMILES string of the molecule is O=C(CCCc1c[nH]c2ccccc12)NCC1CCCNC1. The van der Waals surface area contributed by atoms with Crippen molar-refractivity contribution in [2.75, 3.05) is 19.6 Å². The number of para-hydroxylation sites is 1. The Morgan fingerprint density at radius 2 is 2.23 bits per heavy atom. The molecular formula is C18H25N3O. The standard InChI is InChI=1S/C18H25N3O/c22-18(21-12-14-5-4-10-19-11-14)9-3-6-15-13-20-17-8-2-1-7-16(15)17/h1-2,7-8,13-14,19-20H,3-6,9-12H2,(H,21,22). The van der Waals surface area contributed by atoms with E-state index < -0.39 is 0 Å². The molecule has 118 valence electrons. The summed E-state index contributed by atoms with van der Waals surface area (Å²) < 4.78 is 0. The predicted octanol–water partition coefficient (Wildman–Crippen LogP) is 2.61. The number of H-pyrrole nitrogens is 1. The molecule has 1 saturated heterocycles.